The van der Waals surface area contributed by atoms with Crippen molar-refractivity contribution in [2.24, 2.45) is 0 Å². The summed E-state index contributed by atoms with van der Waals surface area (Å²) in [6.07, 6.45) is 0.671. The number of benzene rings is 2. The van der Waals surface area contributed by atoms with Gasteiger partial charge in [-0.1, -0.05) is 0 Å². The molecule has 0 saturated heterocycles. The molecule has 13 heteroatoms. The van der Waals surface area contributed by atoms with Crippen molar-refractivity contribution in [1.82, 2.24) is 15.8 Å². The number of ether oxygens (including phenoxy) is 2. The molecule has 0 bridgehead atoms. The lowest BCUT2D eigenvalue weighted by Gasteiger charge is -2.20. The van der Waals surface area contributed by atoms with Crippen LogP contribution in [0.4, 0.5) is 34.3 Å². The highest BCUT2D eigenvalue weighted by atomic mass is 19.2. The second kappa shape index (κ2) is 8.30. The summed E-state index contributed by atoms with van der Waals surface area (Å²) in [6, 6.07) is 6.52. The minimum atomic E-state index is -1.37. The molecule has 0 unspecified atom stereocenters. The van der Waals surface area contributed by atoms with E-state index in [4.69, 9.17) is 14.3 Å². The van der Waals surface area contributed by atoms with E-state index in [0.717, 1.165) is 5.56 Å². The first-order valence-corrected chi connectivity index (χ1v) is 10.8. The van der Waals surface area contributed by atoms with Gasteiger partial charge in [0.15, 0.2) is 11.6 Å². The Morgan fingerprint density at radius 3 is 2.81 bits per heavy atom. The van der Waals surface area contributed by atoms with E-state index >= 15 is 0 Å². The van der Waals surface area contributed by atoms with E-state index in [2.05, 4.69) is 26.4 Å². The number of anilines is 2. The fraction of sp³-hybridized carbons (Fsp3) is 0.174. The van der Waals surface area contributed by atoms with Gasteiger partial charge in [0.1, 0.15) is 41.1 Å². The lowest BCUT2D eigenvalue weighted by molar-refractivity contribution is 0.0289. The number of aromatic nitrogens is 1. The summed E-state index contributed by atoms with van der Waals surface area (Å²) in [6.45, 7) is 0.265. The highest BCUT2D eigenvalue weighted by Gasteiger charge is 2.61. The van der Waals surface area contributed by atoms with Crippen molar-refractivity contribution >= 4 is 23.6 Å². The zero-order chi connectivity index (χ0) is 25.0. The first-order chi connectivity index (χ1) is 17.4. The van der Waals surface area contributed by atoms with Gasteiger partial charge in [0.25, 0.3) is 0 Å². The van der Waals surface area contributed by atoms with Crippen molar-refractivity contribution < 1.29 is 37.1 Å². The molecule has 1 saturated carbocycles. The van der Waals surface area contributed by atoms with Crippen molar-refractivity contribution in [2.75, 3.05) is 10.6 Å². The van der Waals surface area contributed by atoms with Crippen LogP contribution in [0.2, 0.25) is 0 Å². The Labute approximate surface area is 200 Å². The Morgan fingerprint density at radius 2 is 1.94 bits per heavy atom. The first-order valence-electron chi connectivity index (χ1n) is 10.8. The molecule has 184 valence electrons. The fourth-order valence-corrected chi connectivity index (χ4v) is 4.18. The molecule has 4 amide bonds. The normalized spacial score (nSPS) is 20.6. The predicted molar refractivity (Wildman–Crippen MR) is 117 cm³/mol. The lowest BCUT2D eigenvalue weighted by Crippen LogP contribution is -2.34. The largest absolute Gasteiger partial charge is 0.487 e. The molecule has 3 aromatic rings. The number of rotatable bonds is 5. The average molecular weight is 499 g/mol. The van der Waals surface area contributed by atoms with Gasteiger partial charge in [0.05, 0.1) is 23.7 Å². The number of hydrogen-bond acceptors (Lipinski definition) is 6. The SMILES string of the molecule is O=C(NO[C@@H]1[C@H]2Oc3ccc(Oc4ccnc5c4CNC(=O)N5)cc3[C@@H]12)Nc1cc(F)c(F)cc1F. The van der Waals surface area contributed by atoms with Crippen LogP contribution >= 0.6 is 0 Å². The smallest absolute Gasteiger partial charge is 0.343 e. The van der Waals surface area contributed by atoms with Gasteiger partial charge in [-0.15, -0.1) is 0 Å². The Balaban J connectivity index is 1.10. The Hall–Kier alpha value is -4.52. The van der Waals surface area contributed by atoms with Gasteiger partial charge in [0.2, 0.25) is 0 Å². The highest BCUT2D eigenvalue weighted by molar-refractivity contribution is 5.91. The van der Waals surface area contributed by atoms with Crippen LogP contribution in [0.1, 0.15) is 17.0 Å². The first kappa shape index (κ1) is 22.0. The molecule has 0 radical (unpaired) electrons. The maximum absolute atomic E-state index is 13.7. The molecule has 3 aliphatic rings. The third kappa shape index (κ3) is 3.88. The lowest BCUT2D eigenvalue weighted by atomic mass is 10.1. The van der Waals surface area contributed by atoms with E-state index < -0.39 is 35.3 Å². The molecule has 0 spiro atoms. The van der Waals surface area contributed by atoms with Crippen LogP contribution in [-0.2, 0) is 11.4 Å². The molecular formula is C23H16F3N5O5. The number of amides is 4. The summed E-state index contributed by atoms with van der Waals surface area (Å²) in [4.78, 5) is 33.1. The predicted octanol–water partition coefficient (Wildman–Crippen LogP) is 3.91. The summed E-state index contributed by atoms with van der Waals surface area (Å²) >= 11 is 0. The third-order valence-electron chi connectivity index (χ3n) is 5.94. The number of urea groups is 2. The average Bonchev–Trinajstić information content (AvgIpc) is 3.40. The highest BCUT2D eigenvalue weighted by Crippen LogP contribution is 2.55. The summed E-state index contributed by atoms with van der Waals surface area (Å²) in [5.74, 6) is -1.88. The van der Waals surface area contributed by atoms with E-state index in [9.17, 15) is 22.8 Å². The van der Waals surface area contributed by atoms with E-state index in [0.29, 0.717) is 40.8 Å². The van der Waals surface area contributed by atoms with E-state index in [1.807, 2.05) is 0 Å². The van der Waals surface area contributed by atoms with Crippen LogP contribution in [0.15, 0.2) is 42.6 Å². The zero-order valence-corrected chi connectivity index (χ0v) is 18.1. The molecule has 1 aliphatic carbocycles. The van der Waals surface area contributed by atoms with Crippen molar-refractivity contribution in [3.63, 3.8) is 0 Å². The number of carbonyl (C=O) groups is 2. The quantitative estimate of drug-likeness (QED) is 0.312. The molecule has 2 aliphatic heterocycles. The molecule has 2 aromatic carbocycles. The Morgan fingerprint density at radius 1 is 1.11 bits per heavy atom. The van der Waals surface area contributed by atoms with Gasteiger partial charge < -0.3 is 20.1 Å². The molecule has 3 atom stereocenters. The van der Waals surface area contributed by atoms with E-state index in [1.165, 1.54) is 6.20 Å². The molecule has 10 nitrogen and oxygen atoms in total. The second-order valence-corrected chi connectivity index (χ2v) is 8.24. The van der Waals surface area contributed by atoms with Crippen LogP contribution in [-0.4, -0.2) is 29.3 Å². The monoisotopic (exact) mass is 499 g/mol. The fourth-order valence-electron chi connectivity index (χ4n) is 4.18. The maximum Gasteiger partial charge on any atom is 0.343 e. The van der Waals surface area contributed by atoms with Crippen LogP contribution < -0.4 is 30.9 Å². The van der Waals surface area contributed by atoms with Crippen molar-refractivity contribution in [3.8, 4) is 17.2 Å². The number of pyridine rings is 1. The number of nitrogens with zero attached hydrogens (tertiary/aromatic N) is 1. The molecule has 1 fully saturated rings. The van der Waals surface area contributed by atoms with E-state index in [-0.39, 0.29) is 24.6 Å². The number of carbonyl (C=O) groups excluding carboxylic acids is 2. The van der Waals surface area contributed by atoms with Crippen molar-refractivity contribution in [2.45, 2.75) is 24.7 Å². The summed E-state index contributed by atoms with van der Waals surface area (Å²) < 4.78 is 51.9. The van der Waals surface area contributed by atoms with Crippen molar-refractivity contribution in [1.29, 1.82) is 0 Å². The zero-order valence-electron chi connectivity index (χ0n) is 18.1. The topological polar surface area (TPSA) is 123 Å². The van der Waals surface area contributed by atoms with Crippen LogP contribution in [0.25, 0.3) is 0 Å². The number of hydroxylamine groups is 1. The van der Waals surface area contributed by atoms with Crippen LogP contribution in [0.3, 0.4) is 0 Å². The molecule has 3 heterocycles. The van der Waals surface area contributed by atoms with Crippen LogP contribution in [0, 0.1) is 17.5 Å². The van der Waals surface area contributed by atoms with Gasteiger partial charge in [-0.3, -0.25) is 10.2 Å². The van der Waals surface area contributed by atoms with Crippen LogP contribution in [0.5, 0.6) is 17.2 Å². The number of hydrogen-bond donors (Lipinski definition) is 4. The Kier molecular flexibility index (Phi) is 5.07. The second-order valence-electron chi connectivity index (χ2n) is 8.24. The van der Waals surface area contributed by atoms with Gasteiger partial charge in [-0.25, -0.2) is 33.2 Å². The van der Waals surface area contributed by atoms with Gasteiger partial charge >= 0.3 is 12.1 Å². The number of fused-ring (bicyclic) bond motifs is 4. The van der Waals surface area contributed by atoms with Gasteiger partial charge in [-0.2, -0.15) is 0 Å². The third-order valence-corrected chi connectivity index (χ3v) is 5.94. The Bertz CT molecular complexity index is 1420. The van der Waals surface area contributed by atoms with Gasteiger partial charge in [-0.05, 0) is 24.3 Å². The summed E-state index contributed by atoms with van der Waals surface area (Å²) in [5.41, 5.74) is 3.09. The van der Waals surface area contributed by atoms with Gasteiger partial charge in [0, 0.05) is 23.9 Å². The molecule has 1 aromatic heterocycles. The standard InChI is InChI=1S/C23H16F3N5O5/c24-12-6-14(26)15(7-13(12)25)29-23(33)31-36-20-18-10-5-9(1-2-16(10)35-19(18)20)34-17-3-4-27-21-11(17)8-28-22(32)30-21/h1-7,18-20H,8H2,(H2,29,31,33)(H2,27,28,30,32)/t18-,19+,20+/m1/s1. The van der Waals surface area contributed by atoms with Crippen molar-refractivity contribution in [3.05, 3.63) is 71.2 Å². The molecule has 4 N–H and O–H groups in total. The number of halogens is 3. The molecule has 6 rings (SSSR count). The minimum Gasteiger partial charge on any atom is -0.487 e. The molecular weight excluding hydrogens is 483 g/mol. The maximum atomic E-state index is 13.7. The summed E-state index contributed by atoms with van der Waals surface area (Å²) in [5, 5.41) is 7.35. The number of nitrogens with one attached hydrogen (secondary N) is 4. The molecule has 36 heavy (non-hydrogen) atoms. The summed E-state index contributed by atoms with van der Waals surface area (Å²) in [7, 11) is 0. The van der Waals surface area contributed by atoms with E-state index in [1.54, 1.807) is 24.3 Å². The minimum absolute atomic E-state index is 0.184.